The minimum atomic E-state index is -0.0241. The van der Waals surface area contributed by atoms with E-state index in [0.29, 0.717) is 11.6 Å². The number of carbonyl (C=O) groups excluding carboxylic acids is 1. The number of hydrogen-bond acceptors (Lipinski definition) is 2. The molecule has 1 aliphatic heterocycles. The average molecular weight is 320 g/mol. The SMILES string of the molecule is C[C@@H]1Cc2cc(Cl)c3[nH]ncc3c2CN(CC(C)(C)C)C1=O. The van der Waals surface area contributed by atoms with Gasteiger partial charge in [-0.05, 0) is 29.0 Å². The van der Waals surface area contributed by atoms with Gasteiger partial charge in [-0.1, -0.05) is 39.3 Å². The minimum absolute atomic E-state index is 0.0241. The van der Waals surface area contributed by atoms with E-state index in [9.17, 15) is 4.79 Å². The van der Waals surface area contributed by atoms with Crippen molar-refractivity contribution in [2.24, 2.45) is 11.3 Å². The first-order chi connectivity index (χ1) is 10.3. The molecule has 22 heavy (non-hydrogen) atoms. The molecule has 118 valence electrons. The summed E-state index contributed by atoms with van der Waals surface area (Å²) in [4.78, 5) is 14.7. The molecule has 3 rings (SSSR count). The number of carbonyl (C=O) groups is 1. The van der Waals surface area contributed by atoms with Crippen LogP contribution < -0.4 is 0 Å². The molecular weight excluding hydrogens is 298 g/mol. The van der Waals surface area contributed by atoms with Gasteiger partial charge in [0.25, 0.3) is 0 Å². The maximum absolute atomic E-state index is 12.7. The van der Waals surface area contributed by atoms with Crippen LogP contribution in [-0.2, 0) is 17.8 Å². The Morgan fingerprint density at radius 3 is 2.86 bits per heavy atom. The summed E-state index contributed by atoms with van der Waals surface area (Å²) in [7, 11) is 0. The number of nitrogens with zero attached hydrogens (tertiary/aromatic N) is 2. The number of halogens is 1. The largest absolute Gasteiger partial charge is 0.338 e. The molecule has 4 nitrogen and oxygen atoms in total. The lowest BCUT2D eigenvalue weighted by atomic mass is 9.95. The van der Waals surface area contributed by atoms with Gasteiger partial charge < -0.3 is 4.90 Å². The molecule has 0 aliphatic carbocycles. The number of fused-ring (bicyclic) bond motifs is 3. The molecule has 0 bridgehead atoms. The van der Waals surface area contributed by atoms with Crippen LogP contribution in [0.15, 0.2) is 12.3 Å². The van der Waals surface area contributed by atoms with Gasteiger partial charge in [-0.25, -0.2) is 0 Å². The second-order valence-electron chi connectivity index (χ2n) is 7.51. The van der Waals surface area contributed by atoms with E-state index in [1.165, 1.54) is 5.56 Å². The number of aromatic amines is 1. The summed E-state index contributed by atoms with van der Waals surface area (Å²) in [6.45, 7) is 9.85. The fraction of sp³-hybridized carbons (Fsp3) is 0.529. The average Bonchev–Trinajstić information content (AvgIpc) is 2.85. The number of amides is 1. The van der Waals surface area contributed by atoms with E-state index in [-0.39, 0.29) is 17.2 Å². The first kappa shape index (κ1) is 15.3. The lowest BCUT2D eigenvalue weighted by molar-refractivity contribution is -0.136. The topological polar surface area (TPSA) is 49.0 Å². The summed E-state index contributed by atoms with van der Waals surface area (Å²) < 4.78 is 0. The Balaban J connectivity index is 2.11. The van der Waals surface area contributed by atoms with Crippen LogP contribution in [0.4, 0.5) is 0 Å². The highest BCUT2D eigenvalue weighted by atomic mass is 35.5. The Morgan fingerprint density at radius 1 is 1.45 bits per heavy atom. The van der Waals surface area contributed by atoms with E-state index in [1.54, 1.807) is 0 Å². The molecule has 0 radical (unpaired) electrons. The Morgan fingerprint density at radius 2 is 2.18 bits per heavy atom. The molecule has 0 saturated heterocycles. The van der Waals surface area contributed by atoms with Gasteiger partial charge in [0.15, 0.2) is 0 Å². The molecule has 1 N–H and O–H groups in total. The van der Waals surface area contributed by atoms with Crippen LogP contribution in [0.3, 0.4) is 0 Å². The van der Waals surface area contributed by atoms with Crippen LogP contribution in [0.5, 0.6) is 0 Å². The highest BCUT2D eigenvalue weighted by molar-refractivity contribution is 6.35. The molecule has 0 saturated carbocycles. The fourth-order valence-corrected chi connectivity index (χ4v) is 3.53. The van der Waals surface area contributed by atoms with Crippen LogP contribution >= 0.6 is 11.6 Å². The predicted molar refractivity (Wildman–Crippen MR) is 88.8 cm³/mol. The molecule has 1 aliphatic rings. The number of hydrogen-bond donors (Lipinski definition) is 1. The third-order valence-corrected chi connectivity index (χ3v) is 4.46. The minimum Gasteiger partial charge on any atom is -0.338 e. The van der Waals surface area contributed by atoms with Crippen molar-refractivity contribution in [2.75, 3.05) is 6.54 Å². The predicted octanol–water partition coefficient (Wildman–Crippen LogP) is 3.78. The Kier molecular flexibility index (Phi) is 3.68. The van der Waals surface area contributed by atoms with Crippen LogP contribution in [0, 0.1) is 11.3 Å². The van der Waals surface area contributed by atoms with Gasteiger partial charge in [-0.2, -0.15) is 5.10 Å². The van der Waals surface area contributed by atoms with Crippen molar-refractivity contribution in [3.63, 3.8) is 0 Å². The van der Waals surface area contributed by atoms with Crippen LogP contribution in [0.2, 0.25) is 5.02 Å². The lowest BCUT2D eigenvalue weighted by Crippen LogP contribution is -2.39. The summed E-state index contributed by atoms with van der Waals surface area (Å²) in [5, 5.41) is 8.79. The van der Waals surface area contributed by atoms with E-state index in [2.05, 4.69) is 31.0 Å². The van der Waals surface area contributed by atoms with Gasteiger partial charge in [-0.3, -0.25) is 9.89 Å². The van der Waals surface area contributed by atoms with Crippen LogP contribution in [0.1, 0.15) is 38.8 Å². The molecule has 5 heteroatoms. The number of benzene rings is 1. The van der Waals surface area contributed by atoms with Crippen molar-refractivity contribution in [1.29, 1.82) is 0 Å². The van der Waals surface area contributed by atoms with Crippen molar-refractivity contribution in [3.05, 3.63) is 28.4 Å². The van der Waals surface area contributed by atoms with Crippen LogP contribution in [-0.4, -0.2) is 27.5 Å². The second kappa shape index (κ2) is 5.27. The Bertz CT molecular complexity index is 729. The normalized spacial score (nSPS) is 19.4. The molecule has 1 aromatic heterocycles. The van der Waals surface area contributed by atoms with Crippen molar-refractivity contribution in [1.82, 2.24) is 15.1 Å². The zero-order valence-electron chi connectivity index (χ0n) is 13.5. The molecule has 0 fully saturated rings. The second-order valence-corrected chi connectivity index (χ2v) is 7.92. The van der Waals surface area contributed by atoms with Gasteiger partial charge >= 0.3 is 0 Å². The maximum atomic E-state index is 12.7. The number of H-pyrrole nitrogens is 1. The van der Waals surface area contributed by atoms with Gasteiger partial charge in [0.2, 0.25) is 5.91 Å². The lowest BCUT2D eigenvalue weighted by Gasteiger charge is -2.30. The summed E-state index contributed by atoms with van der Waals surface area (Å²) in [6.07, 6.45) is 2.55. The standard InChI is InChI=1S/C17H22ClN3O/c1-10-5-11-6-14(18)15-12(7-19-20-15)13(11)8-21(16(10)22)9-17(2,3)4/h6-7,10H,5,8-9H2,1-4H3,(H,19,20)/t10-/m1/s1. The third-order valence-electron chi connectivity index (χ3n) is 4.17. The van der Waals surface area contributed by atoms with E-state index in [0.717, 1.165) is 29.4 Å². The Hall–Kier alpha value is -1.55. The molecule has 2 aromatic rings. The molecule has 1 atom stereocenters. The van der Waals surface area contributed by atoms with Crippen LogP contribution in [0.25, 0.3) is 10.9 Å². The first-order valence-electron chi connectivity index (χ1n) is 7.68. The van der Waals surface area contributed by atoms with Crippen molar-refractivity contribution < 1.29 is 4.79 Å². The number of nitrogens with one attached hydrogen (secondary N) is 1. The molecular formula is C17H22ClN3O. The first-order valence-corrected chi connectivity index (χ1v) is 8.06. The van der Waals surface area contributed by atoms with E-state index >= 15 is 0 Å². The van der Waals surface area contributed by atoms with Crippen molar-refractivity contribution in [3.8, 4) is 0 Å². The summed E-state index contributed by atoms with van der Waals surface area (Å²) in [5.41, 5.74) is 3.27. The zero-order valence-corrected chi connectivity index (χ0v) is 14.3. The molecule has 1 amide bonds. The molecule has 0 unspecified atom stereocenters. The van der Waals surface area contributed by atoms with E-state index in [4.69, 9.17) is 11.6 Å². The van der Waals surface area contributed by atoms with Gasteiger partial charge in [0, 0.05) is 24.4 Å². The quantitative estimate of drug-likeness (QED) is 0.869. The fourth-order valence-electron chi connectivity index (χ4n) is 3.26. The highest BCUT2D eigenvalue weighted by Gasteiger charge is 2.30. The zero-order chi connectivity index (χ0) is 16.1. The van der Waals surface area contributed by atoms with E-state index < -0.39 is 0 Å². The van der Waals surface area contributed by atoms with E-state index in [1.807, 2.05) is 24.1 Å². The third kappa shape index (κ3) is 2.72. The Labute approximate surface area is 135 Å². The summed E-state index contributed by atoms with van der Waals surface area (Å²) >= 11 is 6.35. The number of rotatable bonds is 1. The van der Waals surface area contributed by atoms with Crippen molar-refractivity contribution >= 4 is 28.4 Å². The molecule has 1 aromatic carbocycles. The number of aromatic nitrogens is 2. The van der Waals surface area contributed by atoms with Gasteiger partial charge in [-0.15, -0.1) is 0 Å². The summed E-state index contributed by atoms with van der Waals surface area (Å²) in [6, 6.07) is 1.99. The van der Waals surface area contributed by atoms with Gasteiger partial charge in [0.1, 0.15) is 0 Å². The summed E-state index contributed by atoms with van der Waals surface area (Å²) in [5.74, 6) is 0.197. The van der Waals surface area contributed by atoms with Crippen molar-refractivity contribution in [2.45, 2.75) is 40.7 Å². The smallest absolute Gasteiger partial charge is 0.226 e. The maximum Gasteiger partial charge on any atom is 0.226 e. The highest BCUT2D eigenvalue weighted by Crippen LogP contribution is 2.34. The monoisotopic (exact) mass is 319 g/mol. The molecule has 0 spiro atoms. The molecule has 2 heterocycles. The van der Waals surface area contributed by atoms with Gasteiger partial charge in [0.05, 0.1) is 16.7 Å².